The Morgan fingerprint density at radius 1 is 1.25 bits per heavy atom. The predicted octanol–water partition coefficient (Wildman–Crippen LogP) is 4.56. The molecule has 1 fully saturated rings. The average molecular weight is 496 g/mol. The van der Waals surface area contributed by atoms with Crippen molar-refractivity contribution in [3.63, 3.8) is 0 Å². The third-order valence-corrected chi connectivity index (χ3v) is 6.06. The maximum Gasteiger partial charge on any atom is 0.222 e. The number of hydrogen-bond acceptors (Lipinski definition) is 6. The van der Waals surface area contributed by atoms with Crippen LogP contribution in [0, 0.1) is 5.82 Å². The van der Waals surface area contributed by atoms with Gasteiger partial charge in [0.15, 0.2) is 11.6 Å². The fourth-order valence-corrected chi connectivity index (χ4v) is 4.42. The molecule has 3 aromatic rings. The fourth-order valence-electron chi connectivity index (χ4n) is 4.42. The number of hydrogen-bond donors (Lipinski definition) is 1. The Morgan fingerprint density at radius 2 is 2.03 bits per heavy atom. The van der Waals surface area contributed by atoms with Gasteiger partial charge in [-0.2, -0.15) is 5.10 Å². The molecule has 192 valence electrons. The molecule has 0 bridgehead atoms. The van der Waals surface area contributed by atoms with Crippen LogP contribution in [-0.2, 0) is 23.1 Å². The van der Waals surface area contributed by atoms with Gasteiger partial charge < -0.3 is 19.3 Å². The molecule has 2 heterocycles. The van der Waals surface area contributed by atoms with Crippen molar-refractivity contribution in [1.82, 2.24) is 14.7 Å². The Labute approximate surface area is 211 Å². The SMILES string of the molecule is C=CCOC[C@@H](O)CN(Cc1c(-c2ccccc2)nn(C)c1Oc1ccccc1F)C[C@H]1CCCO1. The molecule has 36 heavy (non-hydrogen) atoms. The molecule has 4 rings (SSSR count). The van der Waals surface area contributed by atoms with E-state index < -0.39 is 11.9 Å². The molecule has 0 spiro atoms. The van der Waals surface area contributed by atoms with Gasteiger partial charge in [-0.3, -0.25) is 4.90 Å². The first-order valence-corrected chi connectivity index (χ1v) is 12.3. The molecule has 0 saturated carbocycles. The van der Waals surface area contributed by atoms with Crippen molar-refractivity contribution in [3.05, 3.63) is 78.6 Å². The quantitative estimate of drug-likeness (QED) is 0.277. The van der Waals surface area contributed by atoms with Gasteiger partial charge >= 0.3 is 0 Å². The highest BCUT2D eigenvalue weighted by Crippen LogP contribution is 2.35. The van der Waals surface area contributed by atoms with Crippen LogP contribution in [0.25, 0.3) is 11.3 Å². The molecular weight excluding hydrogens is 461 g/mol. The molecule has 0 aliphatic carbocycles. The van der Waals surface area contributed by atoms with Crippen LogP contribution in [0.15, 0.2) is 67.3 Å². The first-order chi connectivity index (χ1) is 17.5. The van der Waals surface area contributed by atoms with Crippen LogP contribution >= 0.6 is 0 Å². The van der Waals surface area contributed by atoms with E-state index >= 15 is 0 Å². The van der Waals surface area contributed by atoms with Crippen LogP contribution in [0.1, 0.15) is 18.4 Å². The van der Waals surface area contributed by atoms with Crippen molar-refractivity contribution in [2.75, 3.05) is 32.9 Å². The van der Waals surface area contributed by atoms with Gasteiger partial charge in [-0.05, 0) is 25.0 Å². The van der Waals surface area contributed by atoms with Gasteiger partial charge in [-0.15, -0.1) is 6.58 Å². The van der Waals surface area contributed by atoms with Crippen LogP contribution in [-0.4, -0.2) is 64.9 Å². The van der Waals surface area contributed by atoms with Crippen molar-refractivity contribution >= 4 is 0 Å². The number of aromatic nitrogens is 2. The lowest BCUT2D eigenvalue weighted by atomic mass is 10.1. The third-order valence-electron chi connectivity index (χ3n) is 6.06. The number of para-hydroxylation sites is 1. The smallest absolute Gasteiger partial charge is 0.222 e. The van der Waals surface area contributed by atoms with E-state index in [9.17, 15) is 9.50 Å². The van der Waals surface area contributed by atoms with Gasteiger partial charge in [0, 0.05) is 38.9 Å². The molecule has 8 heteroatoms. The zero-order valence-electron chi connectivity index (χ0n) is 20.7. The minimum atomic E-state index is -0.695. The highest BCUT2D eigenvalue weighted by Gasteiger charge is 2.26. The minimum Gasteiger partial charge on any atom is -0.436 e. The summed E-state index contributed by atoms with van der Waals surface area (Å²) in [5, 5.41) is 15.4. The van der Waals surface area contributed by atoms with E-state index in [1.807, 2.05) is 30.3 Å². The summed E-state index contributed by atoms with van der Waals surface area (Å²) in [7, 11) is 1.79. The third kappa shape index (κ3) is 6.79. The zero-order valence-corrected chi connectivity index (χ0v) is 20.7. The van der Waals surface area contributed by atoms with E-state index in [1.165, 1.54) is 6.07 Å². The average Bonchev–Trinajstić information content (AvgIpc) is 3.49. The van der Waals surface area contributed by atoms with Crippen molar-refractivity contribution < 1.29 is 23.7 Å². The van der Waals surface area contributed by atoms with E-state index in [1.54, 1.807) is 36.0 Å². The number of nitrogens with zero attached hydrogens (tertiary/aromatic N) is 3. The maximum atomic E-state index is 14.5. The minimum absolute atomic E-state index is 0.0825. The molecule has 1 N–H and O–H groups in total. The lowest BCUT2D eigenvalue weighted by molar-refractivity contribution is 0.00844. The number of ether oxygens (including phenoxy) is 3. The molecule has 1 aromatic heterocycles. The van der Waals surface area contributed by atoms with Gasteiger partial charge in [0.05, 0.1) is 31.0 Å². The normalized spacial score (nSPS) is 16.4. The van der Waals surface area contributed by atoms with Gasteiger partial charge in [0.1, 0.15) is 5.69 Å². The number of halogens is 1. The molecule has 1 saturated heterocycles. The van der Waals surface area contributed by atoms with Crippen LogP contribution in [0.3, 0.4) is 0 Å². The molecule has 2 atom stereocenters. The molecule has 1 aliphatic heterocycles. The first-order valence-electron chi connectivity index (χ1n) is 12.3. The highest BCUT2D eigenvalue weighted by molar-refractivity contribution is 5.65. The molecule has 1 aliphatic rings. The summed E-state index contributed by atoms with van der Waals surface area (Å²) >= 11 is 0. The zero-order chi connectivity index (χ0) is 25.3. The Bertz CT molecular complexity index is 1120. The summed E-state index contributed by atoms with van der Waals surface area (Å²) in [6, 6.07) is 16.2. The number of aliphatic hydroxyl groups is 1. The monoisotopic (exact) mass is 495 g/mol. The molecule has 0 unspecified atom stereocenters. The van der Waals surface area contributed by atoms with Crippen LogP contribution < -0.4 is 4.74 Å². The summed E-state index contributed by atoms with van der Waals surface area (Å²) in [5.74, 6) is 0.135. The second kappa shape index (κ2) is 12.8. The highest BCUT2D eigenvalue weighted by atomic mass is 19.1. The molecule has 2 aromatic carbocycles. The van der Waals surface area contributed by atoms with E-state index in [2.05, 4.69) is 11.5 Å². The first kappa shape index (κ1) is 26.0. The topological polar surface area (TPSA) is 69.0 Å². The molecule has 0 radical (unpaired) electrons. The number of aliphatic hydroxyl groups excluding tert-OH is 1. The summed E-state index contributed by atoms with van der Waals surface area (Å²) in [5.41, 5.74) is 2.49. The van der Waals surface area contributed by atoms with Crippen LogP contribution in [0.4, 0.5) is 4.39 Å². The molecule has 7 nitrogen and oxygen atoms in total. The van der Waals surface area contributed by atoms with E-state index in [-0.39, 0.29) is 18.5 Å². The largest absolute Gasteiger partial charge is 0.436 e. The molecule has 0 amide bonds. The van der Waals surface area contributed by atoms with Crippen molar-refractivity contribution in [2.24, 2.45) is 7.05 Å². The van der Waals surface area contributed by atoms with Gasteiger partial charge in [-0.25, -0.2) is 9.07 Å². The molecular formula is C28H34FN3O4. The lowest BCUT2D eigenvalue weighted by Crippen LogP contribution is -2.39. The Balaban J connectivity index is 1.66. The Hall–Kier alpha value is -3.04. The number of rotatable bonds is 13. The number of benzene rings is 2. The summed E-state index contributed by atoms with van der Waals surface area (Å²) in [6.07, 6.45) is 3.04. The van der Waals surface area contributed by atoms with Crippen LogP contribution in [0.2, 0.25) is 0 Å². The summed E-state index contributed by atoms with van der Waals surface area (Å²) < 4.78 is 33.6. The van der Waals surface area contributed by atoms with Crippen molar-refractivity contribution in [1.29, 1.82) is 0 Å². The van der Waals surface area contributed by atoms with Gasteiger partial charge in [-0.1, -0.05) is 48.5 Å². The Kier molecular flexibility index (Phi) is 9.24. The standard InChI is InChI=1S/C28H34FN3O4/c1-3-15-34-20-22(33)17-32(18-23-12-9-16-35-23)19-24-27(21-10-5-4-6-11-21)30-31(2)28(24)36-26-14-8-7-13-25(26)29/h3-8,10-11,13-14,22-23,33H,1,9,12,15-20H2,2H3/t22-,23+/m0/s1. The van der Waals surface area contributed by atoms with E-state index in [4.69, 9.17) is 19.3 Å². The fraction of sp³-hybridized carbons (Fsp3) is 0.393. The maximum absolute atomic E-state index is 14.5. The van der Waals surface area contributed by atoms with Gasteiger partial charge in [0.2, 0.25) is 5.88 Å². The van der Waals surface area contributed by atoms with Crippen LogP contribution in [0.5, 0.6) is 11.6 Å². The Morgan fingerprint density at radius 3 is 2.75 bits per heavy atom. The van der Waals surface area contributed by atoms with Crippen molar-refractivity contribution in [3.8, 4) is 22.9 Å². The predicted molar refractivity (Wildman–Crippen MR) is 136 cm³/mol. The van der Waals surface area contributed by atoms with E-state index in [0.29, 0.717) is 32.1 Å². The summed E-state index contributed by atoms with van der Waals surface area (Å²) in [6.45, 7) is 6.42. The lowest BCUT2D eigenvalue weighted by Gasteiger charge is -2.27. The van der Waals surface area contributed by atoms with E-state index in [0.717, 1.165) is 36.3 Å². The second-order valence-corrected chi connectivity index (χ2v) is 8.96. The summed E-state index contributed by atoms with van der Waals surface area (Å²) in [4.78, 5) is 2.13. The van der Waals surface area contributed by atoms with Gasteiger partial charge in [0.25, 0.3) is 0 Å². The second-order valence-electron chi connectivity index (χ2n) is 8.96. The number of aryl methyl sites for hydroxylation is 1. The van der Waals surface area contributed by atoms with Crippen molar-refractivity contribution in [2.45, 2.75) is 31.6 Å².